The van der Waals surface area contributed by atoms with Crippen LogP contribution >= 0.6 is 28.3 Å². The fourth-order valence-electron chi connectivity index (χ4n) is 4.37. The summed E-state index contributed by atoms with van der Waals surface area (Å²) in [7, 11) is 0. The molecule has 5 unspecified atom stereocenters. The summed E-state index contributed by atoms with van der Waals surface area (Å²) in [5.74, 6) is 1.07. The van der Waals surface area contributed by atoms with Gasteiger partial charge in [-0.05, 0) is 37.5 Å². The van der Waals surface area contributed by atoms with Crippen molar-refractivity contribution in [1.82, 2.24) is 4.90 Å². The first-order valence-corrected chi connectivity index (χ1v) is 8.76. The maximum atomic E-state index is 13.0. The number of rotatable bonds is 2. The van der Waals surface area contributed by atoms with Crippen molar-refractivity contribution >= 4 is 34.2 Å². The summed E-state index contributed by atoms with van der Waals surface area (Å²) in [6.07, 6.45) is 3.04. The molecule has 3 aliphatic heterocycles. The number of nitrogens with two attached hydrogens (primary N) is 1. The molecule has 0 spiro atoms. The molecule has 1 aromatic carbocycles. The van der Waals surface area contributed by atoms with Crippen LogP contribution in [0.15, 0.2) is 28.7 Å². The molecule has 126 valence electrons. The number of carbonyl (C=O) groups excluding carboxylic acids is 1. The Bertz CT molecular complexity index is 589. The Labute approximate surface area is 151 Å². The highest BCUT2D eigenvalue weighted by Gasteiger charge is 2.54. The highest BCUT2D eigenvalue weighted by atomic mass is 79.9. The number of carbonyl (C=O) groups is 1. The van der Waals surface area contributed by atoms with Gasteiger partial charge in [0.15, 0.2) is 0 Å². The zero-order chi connectivity index (χ0) is 15.5. The van der Waals surface area contributed by atoms with Gasteiger partial charge < -0.3 is 15.4 Å². The molecule has 3 heterocycles. The average molecular weight is 402 g/mol. The van der Waals surface area contributed by atoms with E-state index in [2.05, 4.69) is 15.9 Å². The molecule has 3 aliphatic rings. The number of ether oxygens (including phenoxy) is 1. The second-order valence-corrected chi connectivity index (χ2v) is 7.95. The topological polar surface area (TPSA) is 55.6 Å². The minimum atomic E-state index is -0.973. The van der Waals surface area contributed by atoms with E-state index in [9.17, 15) is 4.79 Å². The SMILES string of the molecule is CC(N)(C(=O)N1CC2C3CCC(O3)C2C1)c1ccc(Br)cc1.Cl. The minimum Gasteiger partial charge on any atom is -0.374 e. The fourth-order valence-corrected chi connectivity index (χ4v) is 4.64. The van der Waals surface area contributed by atoms with Crippen LogP contribution in [0.1, 0.15) is 25.3 Å². The van der Waals surface area contributed by atoms with Gasteiger partial charge in [-0.2, -0.15) is 0 Å². The van der Waals surface area contributed by atoms with Crippen molar-refractivity contribution in [3.05, 3.63) is 34.3 Å². The van der Waals surface area contributed by atoms with Crippen LogP contribution in [-0.2, 0) is 15.1 Å². The quantitative estimate of drug-likeness (QED) is 0.829. The maximum absolute atomic E-state index is 13.0. The fraction of sp³-hybridized carbons (Fsp3) is 0.588. The normalized spacial score (nSPS) is 34.0. The van der Waals surface area contributed by atoms with Crippen LogP contribution in [0.4, 0.5) is 0 Å². The lowest BCUT2D eigenvalue weighted by molar-refractivity contribution is -0.136. The van der Waals surface area contributed by atoms with Crippen LogP contribution in [0.25, 0.3) is 0 Å². The number of hydrogen-bond donors (Lipinski definition) is 1. The molecular formula is C17H22BrClN2O2. The lowest BCUT2D eigenvalue weighted by Crippen LogP contribution is -2.50. The van der Waals surface area contributed by atoms with Crippen molar-refractivity contribution < 1.29 is 9.53 Å². The maximum Gasteiger partial charge on any atom is 0.246 e. The Kier molecular flexibility index (Phi) is 4.51. The largest absolute Gasteiger partial charge is 0.374 e. The van der Waals surface area contributed by atoms with E-state index >= 15 is 0 Å². The van der Waals surface area contributed by atoms with Crippen LogP contribution in [0.5, 0.6) is 0 Å². The van der Waals surface area contributed by atoms with Gasteiger partial charge in [-0.25, -0.2) is 0 Å². The Balaban J connectivity index is 0.00000156. The summed E-state index contributed by atoms with van der Waals surface area (Å²) in [5, 5.41) is 0. The first-order valence-electron chi connectivity index (χ1n) is 7.96. The number of fused-ring (bicyclic) bond motifs is 5. The van der Waals surface area contributed by atoms with Gasteiger partial charge in [0.05, 0.1) is 12.2 Å². The lowest BCUT2D eigenvalue weighted by atomic mass is 9.82. The van der Waals surface area contributed by atoms with E-state index in [1.807, 2.05) is 36.1 Å². The third kappa shape index (κ3) is 2.72. The number of hydrogen-bond acceptors (Lipinski definition) is 3. The third-order valence-corrected chi connectivity index (χ3v) is 6.16. The van der Waals surface area contributed by atoms with Gasteiger partial charge in [0.1, 0.15) is 5.54 Å². The molecule has 0 aliphatic carbocycles. The predicted octanol–water partition coefficient (Wildman–Crippen LogP) is 2.68. The smallest absolute Gasteiger partial charge is 0.246 e. The van der Waals surface area contributed by atoms with E-state index in [1.54, 1.807) is 0 Å². The summed E-state index contributed by atoms with van der Waals surface area (Å²) in [6, 6.07) is 7.71. The summed E-state index contributed by atoms with van der Waals surface area (Å²) in [4.78, 5) is 14.9. The second kappa shape index (κ2) is 6.03. The number of likely N-dealkylation sites (tertiary alicyclic amines) is 1. The van der Waals surface area contributed by atoms with Crippen LogP contribution in [0.3, 0.4) is 0 Å². The summed E-state index contributed by atoms with van der Waals surface area (Å²) < 4.78 is 6.97. The first-order chi connectivity index (χ1) is 10.5. The minimum absolute atomic E-state index is 0. The molecule has 0 radical (unpaired) electrons. The average Bonchev–Trinajstić information content (AvgIpc) is 3.19. The van der Waals surface area contributed by atoms with Gasteiger partial charge in [0, 0.05) is 29.4 Å². The summed E-state index contributed by atoms with van der Waals surface area (Å²) in [6.45, 7) is 3.42. The molecule has 2 bridgehead atoms. The molecule has 4 rings (SSSR count). The zero-order valence-corrected chi connectivity index (χ0v) is 15.5. The number of halogens is 2. The van der Waals surface area contributed by atoms with Crippen LogP contribution in [0, 0.1) is 11.8 Å². The van der Waals surface area contributed by atoms with Crippen molar-refractivity contribution in [3.8, 4) is 0 Å². The summed E-state index contributed by atoms with van der Waals surface area (Å²) in [5.41, 5.74) is 6.29. The van der Waals surface area contributed by atoms with Crippen LogP contribution < -0.4 is 5.73 Å². The molecule has 0 saturated carbocycles. The van der Waals surface area contributed by atoms with Gasteiger partial charge in [-0.3, -0.25) is 4.79 Å². The van der Waals surface area contributed by atoms with E-state index < -0.39 is 5.54 Å². The Morgan fingerprint density at radius 3 is 2.26 bits per heavy atom. The van der Waals surface area contributed by atoms with Crippen LogP contribution in [-0.4, -0.2) is 36.1 Å². The Morgan fingerprint density at radius 2 is 1.74 bits per heavy atom. The highest BCUT2D eigenvalue weighted by molar-refractivity contribution is 9.10. The third-order valence-electron chi connectivity index (χ3n) is 5.63. The van der Waals surface area contributed by atoms with Crippen molar-refractivity contribution in [1.29, 1.82) is 0 Å². The molecule has 1 aromatic rings. The molecule has 23 heavy (non-hydrogen) atoms. The van der Waals surface area contributed by atoms with E-state index in [4.69, 9.17) is 10.5 Å². The number of nitrogens with zero attached hydrogens (tertiary/aromatic N) is 1. The monoisotopic (exact) mass is 400 g/mol. The molecule has 6 heteroatoms. The summed E-state index contributed by atoms with van der Waals surface area (Å²) >= 11 is 3.42. The van der Waals surface area contributed by atoms with Crippen molar-refractivity contribution in [2.45, 2.75) is 37.5 Å². The number of amides is 1. The zero-order valence-electron chi connectivity index (χ0n) is 13.1. The molecule has 3 fully saturated rings. The van der Waals surface area contributed by atoms with Crippen molar-refractivity contribution in [2.24, 2.45) is 17.6 Å². The standard InChI is InChI=1S/C17H21BrN2O2.ClH/c1-17(19,10-2-4-11(18)5-3-10)16(21)20-8-12-13(9-20)15-7-6-14(12)22-15;/h2-5,12-15H,6-9,19H2,1H3;1H. The first kappa shape index (κ1) is 17.2. The van der Waals surface area contributed by atoms with E-state index in [0.29, 0.717) is 24.0 Å². The molecule has 3 saturated heterocycles. The van der Waals surface area contributed by atoms with Crippen LogP contribution in [0.2, 0.25) is 0 Å². The van der Waals surface area contributed by atoms with E-state index in [1.165, 1.54) is 0 Å². The van der Waals surface area contributed by atoms with Crippen molar-refractivity contribution in [2.75, 3.05) is 13.1 Å². The lowest BCUT2D eigenvalue weighted by Gasteiger charge is -2.30. The van der Waals surface area contributed by atoms with Gasteiger partial charge >= 0.3 is 0 Å². The highest BCUT2D eigenvalue weighted by Crippen LogP contribution is 2.47. The van der Waals surface area contributed by atoms with Gasteiger partial charge in [-0.1, -0.05) is 28.1 Å². The van der Waals surface area contributed by atoms with Gasteiger partial charge in [0.2, 0.25) is 5.91 Å². The molecule has 4 nitrogen and oxygen atoms in total. The molecule has 5 atom stereocenters. The number of benzene rings is 1. The molecule has 2 N–H and O–H groups in total. The van der Waals surface area contributed by atoms with Gasteiger partial charge in [-0.15, -0.1) is 12.4 Å². The Morgan fingerprint density at radius 1 is 1.22 bits per heavy atom. The van der Waals surface area contributed by atoms with Gasteiger partial charge in [0.25, 0.3) is 0 Å². The van der Waals surface area contributed by atoms with Crippen molar-refractivity contribution in [3.63, 3.8) is 0 Å². The Hall–Kier alpha value is -0.620. The van der Waals surface area contributed by atoms with E-state index in [0.717, 1.165) is 36.0 Å². The van der Waals surface area contributed by atoms with E-state index in [-0.39, 0.29) is 18.3 Å². The molecular weight excluding hydrogens is 380 g/mol. The molecule has 0 aromatic heterocycles. The second-order valence-electron chi connectivity index (χ2n) is 7.04. The predicted molar refractivity (Wildman–Crippen MR) is 94.4 cm³/mol. The molecule has 1 amide bonds.